The lowest BCUT2D eigenvalue weighted by Crippen LogP contribution is -2.26. The molecule has 0 unspecified atom stereocenters. The van der Waals surface area contributed by atoms with Crippen LogP contribution in [0.4, 0.5) is 0 Å². The standard InChI is InChI=1S/C11H18N2OS/c1-9-7-15-8-10(9)6-12-5-4-11(14)13(2)3/h7-8,12H,4-6H2,1-3H3. The highest BCUT2D eigenvalue weighted by Crippen LogP contribution is 2.12. The third kappa shape index (κ3) is 4.01. The summed E-state index contributed by atoms with van der Waals surface area (Å²) >= 11 is 1.72. The molecule has 0 saturated carbocycles. The Kier molecular flexibility index (Phi) is 4.78. The van der Waals surface area contributed by atoms with Gasteiger partial charge in [0.1, 0.15) is 0 Å². The van der Waals surface area contributed by atoms with Gasteiger partial charge in [0, 0.05) is 33.6 Å². The van der Waals surface area contributed by atoms with E-state index in [4.69, 9.17) is 0 Å². The van der Waals surface area contributed by atoms with E-state index in [0.29, 0.717) is 6.42 Å². The highest BCUT2D eigenvalue weighted by Gasteiger charge is 2.03. The van der Waals surface area contributed by atoms with Crippen molar-refractivity contribution < 1.29 is 4.79 Å². The minimum absolute atomic E-state index is 0.171. The van der Waals surface area contributed by atoms with Crippen molar-refractivity contribution in [3.8, 4) is 0 Å². The first-order valence-corrected chi connectivity index (χ1v) is 5.98. The molecule has 0 radical (unpaired) electrons. The van der Waals surface area contributed by atoms with Crippen LogP contribution < -0.4 is 5.32 Å². The second-order valence-electron chi connectivity index (χ2n) is 3.79. The number of nitrogens with zero attached hydrogens (tertiary/aromatic N) is 1. The molecule has 1 heterocycles. The number of carbonyl (C=O) groups excluding carboxylic acids is 1. The van der Waals surface area contributed by atoms with Crippen molar-refractivity contribution in [3.05, 3.63) is 21.9 Å². The van der Waals surface area contributed by atoms with Crippen molar-refractivity contribution in [2.24, 2.45) is 0 Å². The Labute approximate surface area is 95.1 Å². The van der Waals surface area contributed by atoms with Crippen LogP contribution in [0.5, 0.6) is 0 Å². The Morgan fingerprint density at radius 3 is 2.73 bits per heavy atom. The molecule has 15 heavy (non-hydrogen) atoms. The molecule has 0 fully saturated rings. The zero-order chi connectivity index (χ0) is 11.3. The minimum Gasteiger partial charge on any atom is -0.349 e. The molecule has 3 nitrogen and oxygen atoms in total. The smallest absolute Gasteiger partial charge is 0.223 e. The van der Waals surface area contributed by atoms with Crippen LogP contribution in [-0.4, -0.2) is 31.4 Å². The van der Waals surface area contributed by atoms with Gasteiger partial charge in [0.25, 0.3) is 0 Å². The highest BCUT2D eigenvalue weighted by molar-refractivity contribution is 7.08. The first kappa shape index (κ1) is 12.2. The van der Waals surface area contributed by atoms with E-state index in [9.17, 15) is 4.79 Å². The Morgan fingerprint density at radius 1 is 1.47 bits per heavy atom. The van der Waals surface area contributed by atoms with Crippen LogP contribution in [0.1, 0.15) is 17.5 Å². The van der Waals surface area contributed by atoms with E-state index in [2.05, 4.69) is 23.0 Å². The van der Waals surface area contributed by atoms with Crippen LogP contribution >= 0.6 is 11.3 Å². The van der Waals surface area contributed by atoms with Crippen LogP contribution in [0.3, 0.4) is 0 Å². The van der Waals surface area contributed by atoms with Crippen molar-refractivity contribution in [1.82, 2.24) is 10.2 Å². The average molecular weight is 226 g/mol. The molecular formula is C11H18N2OS. The van der Waals surface area contributed by atoms with Crippen LogP contribution in [0.15, 0.2) is 10.8 Å². The molecule has 1 aromatic heterocycles. The number of thiophene rings is 1. The van der Waals surface area contributed by atoms with Gasteiger partial charge < -0.3 is 10.2 Å². The fraction of sp³-hybridized carbons (Fsp3) is 0.545. The predicted molar refractivity (Wildman–Crippen MR) is 64.1 cm³/mol. The van der Waals surface area contributed by atoms with E-state index in [-0.39, 0.29) is 5.91 Å². The van der Waals surface area contributed by atoms with E-state index >= 15 is 0 Å². The molecule has 0 aliphatic carbocycles. The van der Waals surface area contributed by atoms with Crippen molar-refractivity contribution in [2.45, 2.75) is 19.9 Å². The largest absolute Gasteiger partial charge is 0.349 e. The van der Waals surface area contributed by atoms with Gasteiger partial charge in [0.05, 0.1) is 0 Å². The van der Waals surface area contributed by atoms with Crippen LogP contribution in [0.25, 0.3) is 0 Å². The number of amides is 1. The molecule has 1 amide bonds. The van der Waals surface area contributed by atoms with Gasteiger partial charge in [-0.2, -0.15) is 11.3 Å². The first-order chi connectivity index (χ1) is 7.11. The third-order valence-corrected chi connectivity index (χ3v) is 3.20. The van der Waals surface area contributed by atoms with Gasteiger partial charge in [0.15, 0.2) is 0 Å². The molecule has 1 rings (SSSR count). The number of aryl methyl sites for hydroxylation is 1. The predicted octanol–water partition coefficient (Wildman–Crippen LogP) is 1.62. The minimum atomic E-state index is 0.171. The summed E-state index contributed by atoms with van der Waals surface area (Å²) in [6, 6.07) is 0. The van der Waals surface area contributed by atoms with Gasteiger partial charge >= 0.3 is 0 Å². The van der Waals surface area contributed by atoms with Crippen molar-refractivity contribution in [3.63, 3.8) is 0 Å². The zero-order valence-electron chi connectivity index (χ0n) is 9.54. The first-order valence-electron chi connectivity index (χ1n) is 5.04. The molecule has 0 spiro atoms. The molecule has 0 aromatic carbocycles. The molecule has 0 atom stereocenters. The zero-order valence-corrected chi connectivity index (χ0v) is 10.4. The summed E-state index contributed by atoms with van der Waals surface area (Å²) in [5.74, 6) is 0.171. The molecule has 0 aliphatic heterocycles. The third-order valence-electron chi connectivity index (χ3n) is 2.29. The summed E-state index contributed by atoms with van der Waals surface area (Å²) in [4.78, 5) is 12.9. The maximum Gasteiger partial charge on any atom is 0.223 e. The fourth-order valence-electron chi connectivity index (χ4n) is 1.21. The van der Waals surface area contributed by atoms with Crippen LogP contribution in [-0.2, 0) is 11.3 Å². The SMILES string of the molecule is Cc1cscc1CNCCC(=O)N(C)C. The normalized spacial score (nSPS) is 10.3. The summed E-state index contributed by atoms with van der Waals surface area (Å²) < 4.78 is 0. The molecular weight excluding hydrogens is 208 g/mol. The molecule has 1 aromatic rings. The lowest BCUT2D eigenvalue weighted by atomic mass is 10.2. The van der Waals surface area contributed by atoms with Gasteiger partial charge in [0.2, 0.25) is 5.91 Å². The average Bonchev–Trinajstić information content (AvgIpc) is 2.58. The van der Waals surface area contributed by atoms with E-state index in [1.54, 1.807) is 30.3 Å². The topological polar surface area (TPSA) is 32.3 Å². The number of hydrogen-bond donors (Lipinski definition) is 1. The van der Waals surface area contributed by atoms with E-state index in [0.717, 1.165) is 13.1 Å². The summed E-state index contributed by atoms with van der Waals surface area (Å²) in [6.07, 6.45) is 0.566. The summed E-state index contributed by atoms with van der Waals surface area (Å²) in [6.45, 7) is 3.71. The van der Waals surface area contributed by atoms with Crippen molar-refractivity contribution in [1.29, 1.82) is 0 Å². The Hall–Kier alpha value is -0.870. The number of hydrogen-bond acceptors (Lipinski definition) is 3. The fourth-order valence-corrected chi connectivity index (χ4v) is 2.07. The molecule has 0 aliphatic rings. The molecule has 1 N–H and O–H groups in total. The summed E-state index contributed by atoms with van der Waals surface area (Å²) in [7, 11) is 3.57. The van der Waals surface area contributed by atoms with Gasteiger partial charge in [-0.25, -0.2) is 0 Å². The number of carbonyl (C=O) groups is 1. The second-order valence-corrected chi connectivity index (χ2v) is 4.54. The number of rotatable bonds is 5. The monoisotopic (exact) mass is 226 g/mol. The lowest BCUT2D eigenvalue weighted by Gasteiger charge is -2.10. The number of nitrogens with one attached hydrogen (secondary N) is 1. The maximum atomic E-state index is 11.3. The summed E-state index contributed by atoms with van der Waals surface area (Å²) in [5, 5.41) is 7.56. The Bertz CT molecular complexity index is 320. The maximum absolute atomic E-state index is 11.3. The van der Waals surface area contributed by atoms with Gasteiger partial charge in [-0.1, -0.05) is 0 Å². The van der Waals surface area contributed by atoms with Crippen molar-refractivity contribution >= 4 is 17.2 Å². The molecule has 0 bridgehead atoms. The molecule has 0 saturated heterocycles. The lowest BCUT2D eigenvalue weighted by molar-refractivity contribution is -0.128. The van der Waals surface area contributed by atoms with Crippen LogP contribution in [0.2, 0.25) is 0 Å². The van der Waals surface area contributed by atoms with Crippen LogP contribution in [0, 0.1) is 6.92 Å². The molecule has 4 heteroatoms. The van der Waals surface area contributed by atoms with E-state index in [1.807, 2.05) is 0 Å². The summed E-state index contributed by atoms with van der Waals surface area (Å²) in [5.41, 5.74) is 2.66. The van der Waals surface area contributed by atoms with Gasteiger partial charge in [-0.3, -0.25) is 4.79 Å². The molecule has 84 valence electrons. The van der Waals surface area contributed by atoms with Gasteiger partial charge in [-0.05, 0) is 28.8 Å². The highest BCUT2D eigenvalue weighted by atomic mass is 32.1. The van der Waals surface area contributed by atoms with E-state index in [1.165, 1.54) is 11.1 Å². The Balaban J connectivity index is 2.18. The van der Waals surface area contributed by atoms with E-state index < -0.39 is 0 Å². The van der Waals surface area contributed by atoms with Gasteiger partial charge in [-0.15, -0.1) is 0 Å². The second kappa shape index (κ2) is 5.88. The Morgan fingerprint density at radius 2 is 2.20 bits per heavy atom. The quantitative estimate of drug-likeness (QED) is 0.774. The van der Waals surface area contributed by atoms with Crippen molar-refractivity contribution in [2.75, 3.05) is 20.6 Å².